The number of benzene rings is 2. The van der Waals surface area contributed by atoms with Crippen molar-refractivity contribution in [1.82, 2.24) is 0 Å². The van der Waals surface area contributed by atoms with Gasteiger partial charge in [-0.05, 0) is 30.2 Å². The molecule has 21 heavy (non-hydrogen) atoms. The summed E-state index contributed by atoms with van der Waals surface area (Å²) in [6.45, 7) is 2.49. The lowest BCUT2D eigenvalue weighted by Crippen LogP contribution is -2.12. The van der Waals surface area contributed by atoms with Crippen LogP contribution in [0.4, 0.5) is 10.1 Å². The SMILES string of the molecule is CCCc1ccccc1NCc1ccc(C(N)=O)cc1F. The molecule has 0 aromatic heterocycles. The minimum Gasteiger partial charge on any atom is -0.381 e. The first kappa shape index (κ1) is 15.0. The number of aryl methyl sites for hydroxylation is 1. The zero-order chi connectivity index (χ0) is 15.2. The van der Waals surface area contributed by atoms with Crippen LogP contribution in [0.25, 0.3) is 0 Å². The van der Waals surface area contributed by atoms with Crippen LogP contribution in [0.1, 0.15) is 34.8 Å². The standard InChI is InChI=1S/C17H19FN2O/c1-2-5-12-6-3-4-7-16(12)20-11-14-9-8-13(17(19)21)10-15(14)18/h3-4,6-10,20H,2,5,11H2,1H3,(H2,19,21). The molecule has 0 unspecified atom stereocenters. The summed E-state index contributed by atoms with van der Waals surface area (Å²) >= 11 is 0. The fourth-order valence-electron chi connectivity index (χ4n) is 2.21. The molecule has 0 radical (unpaired) electrons. The molecule has 1 amide bonds. The molecule has 2 aromatic rings. The highest BCUT2D eigenvalue weighted by molar-refractivity contribution is 5.92. The molecular formula is C17H19FN2O. The van der Waals surface area contributed by atoms with Crippen molar-refractivity contribution >= 4 is 11.6 Å². The monoisotopic (exact) mass is 286 g/mol. The summed E-state index contributed by atoms with van der Waals surface area (Å²) in [5.74, 6) is -1.05. The molecule has 110 valence electrons. The second-order valence-corrected chi connectivity index (χ2v) is 4.93. The van der Waals surface area contributed by atoms with E-state index in [2.05, 4.69) is 18.3 Å². The van der Waals surface area contributed by atoms with Crippen molar-refractivity contribution in [2.45, 2.75) is 26.3 Å². The number of hydrogen-bond donors (Lipinski definition) is 2. The van der Waals surface area contributed by atoms with Crippen molar-refractivity contribution in [2.75, 3.05) is 5.32 Å². The number of carbonyl (C=O) groups excluding carboxylic acids is 1. The molecule has 3 nitrogen and oxygen atoms in total. The molecule has 3 N–H and O–H groups in total. The van der Waals surface area contributed by atoms with Crippen LogP contribution in [0.15, 0.2) is 42.5 Å². The normalized spacial score (nSPS) is 10.4. The van der Waals surface area contributed by atoms with Gasteiger partial charge in [0.05, 0.1) is 0 Å². The van der Waals surface area contributed by atoms with E-state index in [9.17, 15) is 9.18 Å². The molecule has 0 heterocycles. The van der Waals surface area contributed by atoms with E-state index in [0.717, 1.165) is 18.5 Å². The van der Waals surface area contributed by atoms with E-state index in [4.69, 9.17) is 5.73 Å². The third-order valence-electron chi connectivity index (χ3n) is 3.34. The van der Waals surface area contributed by atoms with Gasteiger partial charge in [0, 0.05) is 23.4 Å². The fraction of sp³-hybridized carbons (Fsp3) is 0.235. The molecule has 0 bridgehead atoms. The third-order valence-corrected chi connectivity index (χ3v) is 3.34. The molecule has 0 spiro atoms. The van der Waals surface area contributed by atoms with Gasteiger partial charge in [-0.3, -0.25) is 4.79 Å². The Balaban J connectivity index is 2.11. The average molecular weight is 286 g/mol. The highest BCUT2D eigenvalue weighted by Crippen LogP contribution is 2.19. The van der Waals surface area contributed by atoms with Crippen molar-refractivity contribution < 1.29 is 9.18 Å². The third kappa shape index (κ3) is 3.81. The Labute approximate surface area is 124 Å². The van der Waals surface area contributed by atoms with Crippen LogP contribution in [0.2, 0.25) is 0 Å². The first-order valence-electron chi connectivity index (χ1n) is 7.01. The Morgan fingerprint density at radius 3 is 2.62 bits per heavy atom. The van der Waals surface area contributed by atoms with Crippen LogP contribution in [-0.2, 0) is 13.0 Å². The summed E-state index contributed by atoms with van der Waals surface area (Å²) in [6.07, 6.45) is 2.03. The Kier molecular flexibility index (Phi) is 4.93. The first-order chi connectivity index (χ1) is 10.1. The Hall–Kier alpha value is -2.36. The summed E-state index contributed by atoms with van der Waals surface area (Å²) in [5, 5.41) is 3.25. The number of anilines is 1. The maximum absolute atomic E-state index is 13.9. The van der Waals surface area contributed by atoms with Gasteiger partial charge in [-0.2, -0.15) is 0 Å². The zero-order valence-electron chi connectivity index (χ0n) is 12.0. The number of carbonyl (C=O) groups is 1. The quantitative estimate of drug-likeness (QED) is 0.854. The van der Waals surface area contributed by atoms with Crippen LogP contribution in [-0.4, -0.2) is 5.91 Å². The number of primary amides is 1. The highest BCUT2D eigenvalue weighted by Gasteiger charge is 2.07. The maximum atomic E-state index is 13.9. The van der Waals surface area contributed by atoms with Gasteiger partial charge in [-0.1, -0.05) is 37.6 Å². The van der Waals surface area contributed by atoms with Gasteiger partial charge in [0.25, 0.3) is 0 Å². The van der Waals surface area contributed by atoms with Crippen LogP contribution in [0.5, 0.6) is 0 Å². The molecule has 2 rings (SSSR count). The van der Waals surface area contributed by atoms with E-state index in [1.165, 1.54) is 11.6 Å². The van der Waals surface area contributed by atoms with Crippen LogP contribution in [0, 0.1) is 5.82 Å². The summed E-state index contributed by atoms with van der Waals surface area (Å²) < 4.78 is 13.9. The number of halogens is 1. The minimum atomic E-state index is -0.623. The second-order valence-electron chi connectivity index (χ2n) is 4.93. The van der Waals surface area contributed by atoms with E-state index < -0.39 is 11.7 Å². The number of hydrogen-bond acceptors (Lipinski definition) is 2. The molecule has 0 aliphatic rings. The van der Waals surface area contributed by atoms with Gasteiger partial charge in [0.15, 0.2) is 0 Å². The Morgan fingerprint density at radius 2 is 1.95 bits per heavy atom. The summed E-state index contributed by atoms with van der Waals surface area (Å²) in [7, 11) is 0. The second kappa shape index (κ2) is 6.88. The molecule has 0 fully saturated rings. The van der Waals surface area contributed by atoms with E-state index in [1.54, 1.807) is 12.1 Å². The van der Waals surface area contributed by atoms with Gasteiger partial charge in [-0.25, -0.2) is 4.39 Å². The van der Waals surface area contributed by atoms with E-state index in [-0.39, 0.29) is 5.56 Å². The van der Waals surface area contributed by atoms with Crippen molar-refractivity contribution in [2.24, 2.45) is 5.73 Å². The predicted octanol–water partition coefficient (Wildman–Crippen LogP) is 3.49. The largest absolute Gasteiger partial charge is 0.381 e. The summed E-state index contributed by atoms with van der Waals surface area (Å²) in [6, 6.07) is 12.3. The summed E-state index contributed by atoms with van der Waals surface area (Å²) in [4.78, 5) is 11.0. The molecule has 0 aliphatic heterocycles. The van der Waals surface area contributed by atoms with Crippen LogP contribution >= 0.6 is 0 Å². The fourth-order valence-corrected chi connectivity index (χ4v) is 2.21. The molecule has 0 saturated heterocycles. The first-order valence-corrected chi connectivity index (χ1v) is 7.01. The number of amides is 1. The lowest BCUT2D eigenvalue weighted by atomic mass is 10.1. The van der Waals surface area contributed by atoms with Gasteiger partial charge in [0.2, 0.25) is 5.91 Å². The van der Waals surface area contributed by atoms with Crippen molar-refractivity contribution in [3.8, 4) is 0 Å². The zero-order valence-corrected chi connectivity index (χ0v) is 12.0. The average Bonchev–Trinajstić information content (AvgIpc) is 2.47. The van der Waals surface area contributed by atoms with Crippen molar-refractivity contribution in [1.29, 1.82) is 0 Å². The number of nitrogens with one attached hydrogen (secondary N) is 1. The lowest BCUT2D eigenvalue weighted by molar-refractivity contribution is 0.1000. The van der Waals surface area contributed by atoms with Gasteiger partial charge < -0.3 is 11.1 Å². The van der Waals surface area contributed by atoms with Crippen LogP contribution < -0.4 is 11.1 Å². The van der Waals surface area contributed by atoms with E-state index in [1.807, 2.05) is 18.2 Å². The van der Waals surface area contributed by atoms with E-state index in [0.29, 0.717) is 12.1 Å². The molecule has 0 saturated carbocycles. The minimum absolute atomic E-state index is 0.183. The number of para-hydroxylation sites is 1. The molecule has 4 heteroatoms. The maximum Gasteiger partial charge on any atom is 0.248 e. The predicted molar refractivity (Wildman–Crippen MR) is 82.7 cm³/mol. The lowest BCUT2D eigenvalue weighted by Gasteiger charge is -2.12. The topological polar surface area (TPSA) is 55.1 Å². The van der Waals surface area contributed by atoms with Crippen molar-refractivity contribution in [3.05, 3.63) is 65.0 Å². The van der Waals surface area contributed by atoms with Gasteiger partial charge in [0.1, 0.15) is 5.82 Å². The van der Waals surface area contributed by atoms with Crippen LogP contribution in [0.3, 0.4) is 0 Å². The number of nitrogens with two attached hydrogens (primary N) is 1. The van der Waals surface area contributed by atoms with E-state index >= 15 is 0 Å². The number of rotatable bonds is 6. The highest BCUT2D eigenvalue weighted by atomic mass is 19.1. The molecular weight excluding hydrogens is 267 g/mol. The summed E-state index contributed by atoms with van der Waals surface area (Å²) in [5.41, 5.74) is 8.05. The van der Waals surface area contributed by atoms with Gasteiger partial charge in [-0.15, -0.1) is 0 Å². The Bertz CT molecular complexity index is 640. The molecule has 0 atom stereocenters. The smallest absolute Gasteiger partial charge is 0.248 e. The molecule has 2 aromatic carbocycles. The van der Waals surface area contributed by atoms with Crippen molar-refractivity contribution in [3.63, 3.8) is 0 Å². The Morgan fingerprint density at radius 1 is 1.19 bits per heavy atom. The molecule has 0 aliphatic carbocycles. The van der Waals surface area contributed by atoms with Gasteiger partial charge >= 0.3 is 0 Å².